The standard InChI is InChI=1S/C14H11ClF3N3O.C2HF3O2/c15-10-5-11(13(20)22)12(19)21(7-10)6-8-2-1-3-9(4-8)14(16,17)18;3-2(4,5)1(6)7/h1-5,7,19H,6H2,(H2,20,22);(H,6,7). The molecule has 0 aliphatic rings. The van der Waals surface area contributed by atoms with Gasteiger partial charge < -0.3 is 15.4 Å². The number of carboxylic acids is 1. The highest BCUT2D eigenvalue weighted by atomic mass is 35.5. The van der Waals surface area contributed by atoms with Crippen molar-refractivity contribution in [2.24, 2.45) is 5.73 Å². The Balaban J connectivity index is 0.000000516. The number of carboxylic acid groups (broad SMARTS) is 1. The molecule has 13 heteroatoms. The first kappa shape index (κ1) is 24.0. The molecule has 0 spiro atoms. The van der Waals surface area contributed by atoms with Gasteiger partial charge in [0, 0.05) is 12.7 Å². The molecule has 1 amide bonds. The third kappa shape index (κ3) is 7.14. The summed E-state index contributed by atoms with van der Waals surface area (Å²) < 4.78 is 71.1. The van der Waals surface area contributed by atoms with E-state index >= 15 is 0 Å². The number of halogens is 7. The Morgan fingerprint density at radius 3 is 2.14 bits per heavy atom. The smallest absolute Gasteiger partial charge is 0.475 e. The highest BCUT2D eigenvalue weighted by Gasteiger charge is 2.38. The second-order valence-corrected chi connectivity index (χ2v) is 5.85. The summed E-state index contributed by atoms with van der Waals surface area (Å²) in [6, 6.07) is 5.96. The first-order valence-electron chi connectivity index (χ1n) is 7.33. The predicted octanol–water partition coefficient (Wildman–Crippen LogP) is 3.42. The van der Waals surface area contributed by atoms with Gasteiger partial charge in [-0.05, 0) is 23.8 Å². The average Bonchev–Trinajstić information content (AvgIpc) is 2.56. The van der Waals surface area contributed by atoms with E-state index in [2.05, 4.69) is 0 Å². The lowest BCUT2D eigenvalue weighted by molar-refractivity contribution is -0.192. The number of pyridine rings is 1. The van der Waals surface area contributed by atoms with Crippen LogP contribution in [0.3, 0.4) is 0 Å². The normalized spacial score (nSPS) is 11.4. The van der Waals surface area contributed by atoms with Crippen molar-refractivity contribution >= 4 is 23.5 Å². The molecule has 2 aromatic rings. The minimum absolute atomic E-state index is 0.0381. The fourth-order valence-electron chi connectivity index (χ4n) is 1.97. The number of carbonyl (C=O) groups is 2. The molecule has 1 aromatic carbocycles. The number of aromatic nitrogens is 1. The highest BCUT2D eigenvalue weighted by molar-refractivity contribution is 6.30. The van der Waals surface area contributed by atoms with E-state index in [-0.39, 0.29) is 22.6 Å². The van der Waals surface area contributed by atoms with Crippen LogP contribution in [-0.4, -0.2) is 27.7 Å². The average molecular weight is 444 g/mol. The number of nitrogens with one attached hydrogen (secondary N) is 1. The topological polar surface area (TPSA) is 109 Å². The van der Waals surface area contributed by atoms with Gasteiger partial charge in [-0.1, -0.05) is 23.7 Å². The van der Waals surface area contributed by atoms with Crippen molar-refractivity contribution in [3.8, 4) is 0 Å². The molecular weight excluding hydrogens is 432 g/mol. The Labute approximate surface area is 163 Å². The maximum Gasteiger partial charge on any atom is 0.490 e. The Morgan fingerprint density at radius 2 is 1.69 bits per heavy atom. The van der Waals surface area contributed by atoms with E-state index in [1.807, 2.05) is 0 Å². The third-order valence-electron chi connectivity index (χ3n) is 3.22. The molecule has 0 unspecified atom stereocenters. The zero-order chi connectivity index (χ0) is 22.6. The summed E-state index contributed by atoms with van der Waals surface area (Å²) in [4.78, 5) is 20.1. The van der Waals surface area contributed by atoms with Crippen molar-refractivity contribution in [3.63, 3.8) is 0 Å². The number of nitrogens with zero attached hydrogens (tertiary/aromatic N) is 1. The number of nitrogens with two attached hydrogens (primary N) is 1. The van der Waals surface area contributed by atoms with Gasteiger partial charge in [-0.25, -0.2) is 4.79 Å². The van der Waals surface area contributed by atoms with Crippen LogP contribution in [0.4, 0.5) is 26.3 Å². The van der Waals surface area contributed by atoms with E-state index in [9.17, 15) is 31.1 Å². The molecule has 1 heterocycles. The molecule has 0 aliphatic heterocycles. The summed E-state index contributed by atoms with van der Waals surface area (Å²) in [6.07, 6.45) is -8.17. The van der Waals surface area contributed by atoms with E-state index in [4.69, 9.17) is 32.6 Å². The lowest BCUT2D eigenvalue weighted by Crippen LogP contribution is -2.29. The third-order valence-corrected chi connectivity index (χ3v) is 3.43. The quantitative estimate of drug-likeness (QED) is 0.632. The fourth-order valence-corrected chi connectivity index (χ4v) is 2.19. The molecule has 1 aromatic heterocycles. The maximum atomic E-state index is 12.7. The van der Waals surface area contributed by atoms with Gasteiger partial charge in [0.25, 0.3) is 5.91 Å². The number of hydrogen-bond donors (Lipinski definition) is 3. The van der Waals surface area contributed by atoms with Crippen LogP contribution in [0.15, 0.2) is 36.5 Å². The summed E-state index contributed by atoms with van der Waals surface area (Å²) in [7, 11) is 0. The van der Waals surface area contributed by atoms with E-state index in [0.29, 0.717) is 5.56 Å². The summed E-state index contributed by atoms with van der Waals surface area (Å²) in [6.45, 7) is -0.0381. The summed E-state index contributed by atoms with van der Waals surface area (Å²) in [5, 5.41) is 15.2. The molecule has 0 aliphatic carbocycles. The molecule has 29 heavy (non-hydrogen) atoms. The molecule has 0 fully saturated rings. The molecule has 0 saturated heterocycles. The molecule has 0 bridgehead atoms. The molecule has 2 rings (SSSR count). The number of carbonyl (C=O) groups excluding carboxylic acids is 1. The van der Waals surface area contributed by atoms with Gasteiger partial charge in [-0.2, -0.15) is 26.3 Å². The lowest BCUT2D eigenvalue weighted by Gasteiger charge is -2.12. The highest BCUT2D eigenvalue weighted by Crippen LogP contribution is 2.29. The Hall–Kier alpha value is -3.02. The van der Waals surface area contributed by atoms with E-state index in [1.165, 1.54) is 29.0 Å². The van der Waals surface area contributed by atoms with Crippen molar-refractivity contribution in [2.45, 2.75) is 18.9 Å². The van der Waals surface area contributed by atoms with Gasteiger partial charge in [-0.15, -0.1) is 0 Å². The molecule has 6 nitrogen and oxygen atoms in total. The van der Waals surface area contributed by atoms with Crippen LogP contribution in [0.2, 0.25) is 5.02 Å². The molecule has 4 N–H and O–H groups in total. The lowest BCUT2D eigenvalue weighted by atomic mass is 10.1. The van der Waals surface area contributed by atoms with Gasteiger partial charge in [0.15, 0.2) is 0 Å². The second-order valence-electron chi connectivity index (χ2n) is 5.41. The summed E-state index contributed by atoms with van der Waals surface area (Å²) in [5.41, 5.74) is 4.38. The van der Waals surface area contributed by atoms with Crippen LogP contribution in [0.25, 0.3) is 0 Å². The number of alkyl halides is 6. The first-order valence-corrected chi connectivity index (χ1v) is 7.71. The molecule has 0 radical (unpaired) electrons. The number of rotatable bonds is 3. The number of aliphatic carboxylic acids is 1. The monoisotopic (exact) mass is 443 g/mol. The van der Waals surface area contributed by atoms with Crippen LogP contribution in [0.1, 0.15) is 21.5 Å². The Morgan fingerprint density at radius 1 is 1.14 bits per heavy atom. The number of benzene rings is 1. The molecule has 0 atom stereocenters. The minimum atomic E-state index is -5.08. The van der Waals surface area contributed by atoms with Gasteiger partial charge in [0.05, 0.1) is 16.1 Å². The van der Waals surface area contributed by atoms with Crippen molar-refractivity contribution < 1.29 is 41.0 Å². The predicted molar refractivity (Wildman–Crippen MR) is 88.1 cm³/mol. The van der Waals surface area contributed by atoms with Crippen LogP contribution in [-0.2, 0) is 17.5 Å². The van der Waals surface area contributed by atoms with Crippen LogP contribution >= 0.6 is 11.6 Å². The zero-order valence-electron chi connectivity index (χ0n) is 14.1. The molecule has 158 valence electrons. The Bertz CT molecular complexity index is 970. The van der Waals surface area contributed by atoms with Crippen LogP contribution in [0.5, 0.6) is 0 Å². The molecular formula is C16H12ClF6N3O3. The van der Waals surface area contributed by atoms with E-state index in [1.54, 1.807) is 0 Å². The van der Waals surface area contributed by atoms with Gasteiger partial charge in [-0.3, -0.25) is 10.2 Å². The maximum absolute atomic E-state index is 12.7. The number of hydrogen-bond acceptors (Lipinski definition) is 3. The van der Waals surface area contributed by atoms with Crippen molar-refractivity contribution in [1.29, 1.82) is 5.41 Å². The van der Waals surface area contributed by atoms with Gasteiger partial charge in [0.2, 0.25) is 0 Å². The van der Waals surface area contributed by atoms with Crippen LogP contribution in [0, 0.1) is 5.41 Å². The largest absolute Gasteiger partial charge is 0.490 e. The SMILES string of the molecule is N=c1c(C(N)=O)cc(Cl)cn1Cc1cccc(C(F)(F)F)c1.O=C(O)C(F)(F)F. The zero-order valence-corrected chi connectivity index (χ0v) is 14.9. The van der Waals surface area contributed by atoms with Crippen LogP contribution < -0.4 is 11.2 Å². The van der Waals surface area contributed by atoms with E-state index < -0.39 is 29.8 Å². The second kappa shape index (κ2) is 8.99. The minimum Gasteiger partial charge on any atom is -0.475 e. The fraction of sp³-hybridized carbons (Fsp3) is 0.188. The Kier molecular flexibility index (Phi) is 7.44. The summed E-state index contributed by atoms with van der Waals surface area (Å²) >= 11 is 5.84. The number of primary amides is 1. The van der Waals surface area contributed by atoms with Crippen molar-refractivity contribution in [1.82, 2.24) is 4.57 Å². The van der Waals surface area contributed by atoms with Crippen molar-refractivity contribution in [2.75, 3.05) is 0 Å². The van der Waals surface area contributed by atoms with E-state index in [0.717, 1.165) is 12.1 Å². The van der Waals surface area contributed by atoms with Gasteiger partial charge in [0.1, 0.15) is 5.49 Å². The molecule has 0 saturated carbocycles. The summed E-state index contributed by atoms with van der Waals surface area (Å²) in [5.74, 6) is -3.59. The van der Waals surface area contributed by atoms with Crippen molar-refractivity contribution in [3.05, 3.63) is 63.7 Å². The number of amides is 1. The first-order chi connectivity index (χ1) is 13.1. The van der Waals surface area contributed by atoms with Gasteiger partial charge >= 0.3 is 18.3 Å².